The van der Waals surface area contributed by atoms with Gasteiger partial charge in [-0.15, -0.1) is 0 Å². The number of hydrogen-bond donors (Lipinski definition) is 2. The summed E-state index contributed by atoms with van der Waals surface area (Å²) < 4.78 is 0. The van der Waals surface area contributed by atoms with E-state index in [9.17, 15) is 4.79 Å². The first kappa shape index (κ1) is 15.4. The van der Waals surface area contributed by atoms with E-state index in [1.165, 1.54) is 6.33 Å². The van der Waals surface area contributed by atoms with Crippen molar-refractivity contribution in [2.45, 2.75) is 26.7 Å². The van der Waals surface area contributed by atoms with Crippen molar-refractivity contribution in [3.8, 4) is 6.07 Å². The zero-order valence-corrected chi connectivity index (χ0v) is 12.6. The normalized spacial score (nSPS) is 9.86. The van der Waals surface area contributed by atoms with Crippen LogP contribution >= 0.6 is 0 Å². The fourth-order valence-corrected chi connectivity index (χ4v) is 2.02. The minimum absolute atomic E-state index is 0.161. The maximum Gasteiger partial charge on any atom is 0.238 e. The quantitative estimate of drug-likeness (QED) is 0.885. The molecule has 0 aliphatic carbocycles. The molecule has 22 heavy (non-hydrogen) atoms. The summed E-state index contributed by atoms with van der Waals surface area (Å²) in [5.41, 5.74) is 3.39. The molecule has 0 bridgehead atoms. The van der Waals surface area contributed by atoms with Gasteiger partial charge in [-0.05, 0) is 31.0 Å². The van der Waals surface area contributed by atoms with Crippen LogP contribution in [0.4, 0.5) is 17.2 Å². The summed E-state index contributed by atoms with van der Waals surface area (Å²) in [6.45, 7) is 3.90. The number of amides is 1. The number of nitrogens with zero attached hydrogens (tertiary/aromatic N) is 3. The molecule has 1 aromatic heterocycles. The number of benzene rings is 1. The van der Waals surface area contributed by atoms with E-state index in [2.05, 4.69) is 20.6 Å². The highest BCUT2D eigenvalue weighted by Gasteiger charge is 2.07. The first-order valence-corrected chi connectivity index (χ1v) is 6.97. The molecule has 1 aromatic carbocycles. The Morgan fingerprint density at radius 3 is 2.82 bits per heavy atom. The summed E-state index contributed by atoms with van der Waals surface area (Å²) in [5.74, 6) is 0.373. The third kappa shape index (κ3) is 4.03. The zero-order chi connectivity index (χ0) is 15.9. The van der Waals surface area contributed by atoms with Gasteiger partial charge in [-0.1, -0.05) is 13.0 Å². The highest BCUT2D eigenvalue weighted by Crippen LogP contribution is 2.24. The van der Waals surface area contributed by atoms with Crippen LogP contribution in [0.2, 0.25) is 0 Å². The van der Waals surface area contributed by atoms with Crippen molar-refractivity contribution >= 4 is 23.1 Å². The average Bonchev–Trinajstić information content (AvgIpc) is 2.48. The third-order valence-corrected chi connectivity index (χ3v) is 3.08. The number of anilines is 3. The minimum Gasteiger partial charge on any atom is -0.340 e. The molecular formula is C16H17N5O. The van der Waals surface area contributed by atoms with E-state index in [0.717, 1.165) is 23.4 Å². The number of carbonyl (C=O) groups is 1. The number of aromatic nitrogens is 2. The highest BCUT2D eigenvalue weighted by molar-refractivity contribution is 5.93. The van der Waals surface area contributed by atoms with Crippen LogP contribution in [0.25, 0.3) is 0 Å². The van der Waals surface area contributed by atoms with Gasteiger partial charge in [-0.25, -0.2) is 9.97 Å². The van der Waals surface area contributed by atoms with Gasteiger partial charge in [0.1, 0.15) is 18.6 Å². The van der Waals surface area contributed by atoms with Crippen molar-refractivity contribution in [1.29, 1.82) is 5.26 Å². The van der Waals surface area contributed by atoms with Crippen LogP contribution in [0.1, 0.15) is 24.6 Å². The molecule has 0 aliphatic heterocycles. The molecule has 2 aromatic rings. The van der Waals surface area contributed by atoms with Gasteiger partial charge in [0.15, 0.2) is 0 Å². The summed E-state index contributed by atoms with van der Waals surface area (Å²) in [7, 11) is 0. The highest BCUT2D eigenvalue weighted by atomic mass is 16.1. The second-order valence-corrected chi connectivity index (χ2v) is 4.78. The zero-order valence-electron chi connectivity index (χ0n) is 12.6. The van der Waals surface area contributed by atoms with E-state index in [4.69, 9.17) is 5.26 Å². The number of hydrogen-bond acceptors (Lipinski definition) is 5. The van der Waals surface area contributed by atoms with E-state index in [-0.39, 0.29) is 12.3 Å². The molecule has 1 amide bonds. The summed E-state index contributed by atoms with van der Waals surface area (Å²) in [6.07, 6.45) is 2.12. The van der Waals surface area contributed by atoms with Crippen molar-refractivity contribution in [2.75, 3.05) is 10.6 Å². The van der Waals surface area contributed by atoms with E-state index in [1.807, 2.05) is 44.2 Å². The molecule has 6 nitrogen and oxygen atoms in total. The molecule has 1 heterocycles. The van der Waals surface area contributed by atoms with Crippen LogP contribution in [0.3, 0.4) is 0 Å². The van der Waals surface area contributed by atoms with Gasteiger partial charge in [0.2, 0.25) is 5.91 Å². The van der Waals surface area contributed by atoms with E-state index >= 15 is 0 Å². The Kier molecular flexibility index (Phi) is 5.04. The Labute approximate surface area is 129 Å². The average molecular weight is 295 g/mol. The summed E-state index contributed by atoms with van der Waals surface area (Å²) in [4.78, 5) is 19.8. The Balaban J connectivity index is 2.23. The molecule has 0 radical (unpaired) electrons. The van der Waals surface area contributed by atoms with Gasteiger partial charge in [0.05, 0.1) is 6.07 Å². The number of aryl methyl sites for hydroxylation is 2. The molecule has 0 fully saturated rings. The molecule has 2 N–H and O–H groups in total. The van der Waals surface area contributed by atoms with Crippen LogP contribution in [0, 0.1) is 18.3 Å². The lowest BCUT2D eigenvalue weighted by Crippen LogP contribution is -2.12. The first-order chi connectivity index (χ1) is 10.6. The molecule has 0 aliphatic rings. The molecule has 0 saturated heterocycles. The maximum absolute atomic E-state index is 11.6. The summed E-state index contributed by atoms with van der Waals surface area (Å²) in [5, 5.41) is 14.5. The van der Waals surface area contributed by atoms with Gasteiger partial charge >= 0.3 is 0 Å². The van der Waals surface area contributed by atoms with Crippen molar-refractivity contribution in [1.82, 2.24) is 9.97 Å². The molecule has 6 heteroatoms. The Morgan fingerprint density at radius 2 is 2.14 bits per heavy atom. The topological polar surface area (TPSA) is 90.7 Å². The molecule has 2 rings (SSSR count). The van der Waals surface area contributed by atoms with Gasteiger partial charge in [-0.3, -0.25) is 4.79 Å². The van der Waals surface area contributed by atoms with Crippen LogP contribution < -0.4 is 10.6 Å². The maximum atomic E-state index is 11.6. The fraction of sp³-hybridized carbons (Fsp3) is 0.250. The predicted molar refractivity (Wildman–Crippen MR) is 84.7 cm³/mol. The number of rotatable bonds is 5. The summed E-state index contributed by atoms with van der Waals surface area (Å²) in [6, 6.07) is 9.38. The van der Waals surface area contributed by atoms with Crippen molar-refractivity contribution < 1.29 is 4.79 Å². The number of nitrogens with one attached hydrogen (secondary N) is 2. The lowest BCUT2D eigenvalue weighted by atomic mass is 10.1. The van der Waals surface area contributed by atoms with Gasteiger partial charge in [0.25, 0.3) is 0 Å². The largest absolute Gasteiger partial charge is 0.340 e. The van der Waals surface area contributed by atoms with E-state index < -0.39 is 0 Å². The predicted octanol–water partition coefficient (Wildman–Crippen LogP) is 2.94. The molecule has 0 spiro atoms. The lowest BCUT2D eigenvalue weighted by Gasteiger charge is -2.12. The standard InChI is InChI=1S/C16H17N5O/c1-3-12-4-5-13(9-14(12)21-16(22)6-7-17)20-15-8-11(2)18-10-19-15/h4-5,8-10H,3,6H2,1-2H3,(H,21,22)(H,18,19,20). The van der Waals surface area contributed by atoms with Crippen molar-refractivity contribution in [3.63, 3.8) is 0 Å². The van der Waals surface area contributed by atoms with Gasteiger partial charge in [-0.2, -0.15) is 5.26 Å². The van der Waals surface area contributed by atoms with Crippen molar-refractivity contribution in [2.24, 2.45) is 0 Å². The smallest absolute Gasteiger partial charge is 0.238 e. The number of carbonyl (C=O) groups excluding carboxylic acids is 1. The second-order valence-electron chi connectivity index (χ2n) is 4.78. The SMILES string of the molecule is CCc1ccc(Nc2cc(C)ncn2)cc1NC(=O)CC#N. The Bertz CT molecular complexity index is 721. The first-order valence-electron chi connectivity index (χ1n) is 6.97. The van der Waals surface area contributed by atoms with Crippen LogP contribution in [-0.2, 0) is 11.2 Å². The van der Waals surface area contributed by atoms with E-state index in [1.54, 1.807) is 0 Å². The van der Waals surface area contributed by atoms with Crippen LogP contribution in [0.15, 0.2) is 30.6 Å². The summed E-state index contributed by atoms with van der Waals surface area (Å²) >= 11 is 0. The van der Waals surface area contributed by atoms with Crippen LogP contribution in [-0.4, -0.2) is 15.9 Å². The van der Waals surface area contributed by atoms with Gasteiger partial charge < -0.3 is 10.6 Å². The fourth-order valence-electron chi connectivity index (χ4n) is 2.02. The number of nitriles is 1. The molecule has 0 atom stereocenters. The van der Waals surface area contributed by atoms with E-state index in [0.29, 0.717) is 11.5 Å². The van der Waals surface area contributed by atoms with Crippen molar-refractivity contribution in [3.05, 3.63) is 41.9 Å². The molecule has 0 saturated carbocycles. The molecule has 112 valence electrons. The molecular weight excluding hydrogens is 278 g/mol. The second kappa shape index (κ2) is 7.18. The molecule has 0 unspecified atom stereocenters. The lowest BCUT2D eigenvalue weighted by molar-refractivity contribution is -0.115. The Morgan fingerprint density at radius 1 is 1.32 bits per heavy atom. The van der Waals surface area contributed by atoms with Crippen LogP contribution in [0.5, 0.6) is 0 Å². The third-order valence-electron chi connectivity index (χ3n) is 3.08. The Hall–Kier alpha value is -2.94. The minimum atomic E-state index is -0.313. The van der Waals surface area contributed by atoms with Gasteiger partial charge in [0, 0.05) is 23.1 Å². The monoisotopic (exact) mass is 295 g/mol.